The van der Waals surface area contributed by atoms with Crippen molar-refractivity contribution in [3.8, 4) is 6.07 Å². The van der Waals surface area contributed by atoms with Crippen molar-refractivity contribution >= 4 is 11.8 Å². The van der Waals surface area contributed by atoms with Gasteiger partial charge in [-0.05, 0) is 38.7 Å². The molecule has 0 N–H and O–H groups in total. The van der Waals surface area contributed by atoms with E-state index in [4.69, 9.17) is 5.26 Å². The number of nitriles is 1. The van der Waals surface area contributed by atoms with E-state index in [0.717, 1.165) is 6.42 Å². The van der Waals surface area contributed by atoms with Gasteiger partial charge in [0.2, 0.25) is 0 Å². The van der Waals surface area contributed by atoms with Crippen LogP contribution >= 0.6 is 11.8 Å². The highest BCUT2D eigenvalue weighted by atomic mass is 32.2. The van der Waals surface area contributed by atoms with Crippen LogP contribution in [0.15, 0.2) is 0 Å². The predicted octanol–water partition coefficient (Wildman–Crippen LogP) is 3.07. The molecule has 0 aromatic heterocycles. The van der Waals surface area contributed by atoms with Crippen LogP contribution in [0.4, 0.5) is 0 Å². The summed E-state index contributed by atoms with van der Waals surface area (Å²) in [5.74, 6) is 1.22. The van der Waals surface area contributed by atoms with Gasteiger partial charge >= 0.3 is 0 Å². The van der Waals surface area contributed by atoms with Crippen LogP contribution in [-0.2, 0) is 0 Å². The number of nitrogens with zero attached hydrogens (tertiary/aromatic N) is 1. The minimum Gasteiger partial charge on any atom is -0.198 e. The number of unbranched alkanes of at least 4 members (excludes halogenated alkanes) is 1. The first kappa shape index (κ1) is 10.8. The summed E-state index contributed by atoms with van der Waals surface area (Å²) in [6.07, 6.45) is 5.58. The SMILES string of the molecule is CSCCCCC(C)(C)C#N. The molecule has 64 valence electrons. The molecule has 0 aliphatic rings. The normalized spacial score (nSPS) is 11.1. The van der Waals surface area contributed by atoms with Crippen LogP contribution in [0.5, 0.6) is 0 Å². The summed E-state index contributed by atoms with van der Waals surface area (Å²) >= 11 is 1.88. The third-order valence-electron chi connectivity index (χ3n) is 1.70. The van der Waals surface area contributed by atoms with E-state index in [2.05, 4.69) is 12.3 Å². The standard InChI is InChI=1S/C9H17NS/c1-9(2,8-10)6-4-5-7-11-3/h4-7H2,1-3H3. The molecular formula is C9H17NS. The molecule has 0 radical (unpaired) electrons. The topological polar surface area (TPSA) is 23.8 Å². The smallest absolute Gasteiger partial charge is 0.0683 e. The second kappa shape index (κ2) is 5.49. The van der Waals surface area contributed by atoms with E-state index in [1.165, 1.54) is 18.6 Å². The zero-order chi connectivity index (χ0) is 8.74. The average Bonchev–Trinajstić information content (AvgIpc) is 1.99. The van der Waals surface area contributed by atoms with Gasteiger partial charge in [0.15, 0.2) is 0 Å². The Balaban J connectivity index is 3.32. The second-order valence-corrected chi connectivity index (χ2v) is 4.43. The zero-order valence-electron chi connectivity index (χ0n) is 7.68. The monoisotopic (exact) mass is 171 g/mol. The van der Waals surface area contributed by atoms with Crippen LogP contribution in [0.1, 0.15) is 33.1 Å². The molecule has 0 atom stereocenters. The fraction of sp³-hybridized carbons (Fsp3) is 0.889. The van der Waals surface area contributed by atoms with Crippen LogP contribution in [0.3, 0.4) is 0 Å². The summed E-state index contributed by atoms with van der Waals surface area (Å²) in [5.41, 5.74) is -0.113. The summed E-state index contributed by atoms with van der Waals surface area (Å²) in [7, 11) is 0. The first-order valence-corrected chi connectivity index (χ1v) is 5.42. The highest BCUT2D eigenvalue weighted by Crippen LogP contribution is 2.21. The second-order valence-electron chi connectivity index (χ2n) is 3.45. The molecular weight excluding hydrogens is 154 g/mol. The minimum absolute atomic E-state index is 0.113. The van der Waals surface area contributed by atoms with Gasteiger partial charge < -0.3 is 0 Å². The van der Waals surface area contributed by atoms with Crippen molar-refractivity contribution in [2.75, 3.05) is 12.0 Å². The summed E-state index contributed by atoms with van der Waals surface area (Å²) in [6.45, 7) is 4.01. The Morgan fingerprint density at radius 1 is 1.36 bits per heavy atom. The molecule has 0 unspecified atom stereocenters. The molecule has 0 rings (SSSR count). The lowest BCUT2D eigenvalue weighted by atomic mass is 9.89. The lowest BCUT2D eigenvalue weighted by Crippen LogP contribution is -2.07. The first-order chi connectivity index (χ1) is 5.12. The highest BCUT2D eigenvalue weighted by molar-refractivity contribution is 7.98. The molecule has 0 bridgehead atoms. The molecule has 2 heteroatoms. The van der Waals surface area contributed by atoms with Crippen LogP contribution < -0.4 is 0 Å². The van der Waals surface area contributed by atoms with Crippen molar-refractivity contribution in [1.29, 1.82) is 5.26 Å². The maximum atomic E-state index is 8.70. The van der Waals surface area contributed by atoms with E-state index in [0.29, 0.717) is 0 Å². The minimum atomic E-state index is -0.113. The van der Waals surface area contributed by atoms with E-state index in [-0.39, 0.29) is 5.41 Å². The van der Waals surface area contributed by atoms with E-state index in [9.17, 15) is 0 Å². The van der Waals surface area contributed by atoms with E-state index in [1.807, 2.05) is 25.6 Å². The molecule has 0 aromatic rings. The van der Waals surface area contributed by atoms with Gasteiger partial charge in [-0.3, -0.25) is 0 Å². The molecule has 0 fully saturated rings. The molecule has 0 spiro atoms. The van der Waals surface area contributed by atoms with Crippen molar-refractivity contribution < 1.29 is 0 Å². The highest BCUT2D eigenvalue weighted by Gasteiger charge is 2.14. The van der Waals surface area contributed by atoms with Crippen molar-refractivity contribution in [2.45, 2.75) is 33.1 Å². The average molecular weight is 171 g/mol. The van der Waals surface area contributed by atoms with Gasteiger partial charge in [-0.2, -0.15) is 17.0 Å². The molecule has 11 heavy (non-hydrogen) atoms. The van der Waals surface area contributed by atoms with Crippen LogP contribution in [0, 0.1) is 16.7 Å². The molecule has 0 saturated heterocycles. The van der Waals surface area contributed by atoms with Crippen molar-refractivity contribution in [1.82, 2.24) is 0 Å². The van der Waals surface area contributed by atoms with E-state index < -0.39 is 0 Å². The molecule has 0 aliphatic carbocycles. The lowest BCUT2D eigenvalue weighted by Gasteiger charge is -2.13. The Morgan fingerprint density at radius 2 is 2.00 bits per heavy atom. The van der Waals surface area contributed by atoms with E-state index in [1.54, 1.807) is 0 Å². The van der Waals surface area contributed by atoms with Gasteiger partial charge in [0.25, 0.3) is 0 Å². The zero-order valence-corrected chi connectivity index (χ0v) is 8.50. The fourth-order valence-electron chi connectivity index (χ4n) is 0.869. The number of thioether (sulfide) groups is 1. The van der Waals surface area contributed by atoms with Crippen LogP contribution in [0.25, 0.3) is 0 Å². The maximum absolute atomic E-state index is 8.70. The van der Waals surface area contributed by atoms with E-state index >= 15 is 0 Å². The Morgan fingerprint density at radius 3 is 2.45 bits per heavy atom. The van der Waals surface area contributed by atoms with Crippen molar-refractivity contribution in [3.05, 3.63) is 0 Å². The number of hydrogen-bond acceptors (Lipinski definition) is 2. The van der Waals surface area contributed by atoms with Gasteiger partial charge in [0.05, 0.1) is 11.5 Å². The summed E-state index contributed by atoms with van der Waals surface area (Å²) < 4.78 is 0. The third-order valence-corrected chi connectivity index (χ3v) is 2.40. The van der Waals surface area contributed by atoms with Gasteiger partial charge in [-0.25, -0.2) is 0 Å². The van der Waals surface area contributed by atoms with Gasteiger partial charge in [0, 0.05) is 0 Å². The Hall–Kier alpha value is -0.160. The maximum Gasteiger partial charge on any atom is 0.0683 e. The lowest BCUT2D eigenvalue weighted by molar-refractivity contribution is 0.433. The summed E-state index contributed by atoms with van der Waals surface area (Å²) in [4.78, 5) is 0. The molecule has 0 aliphatic heterocycles. The molecule has 0 amide bonds. The molecule has 0 aromatic carbocycles. The first-order valence-electron chi connectivity index (χ1n) is 4.02. The third kappa shape index (κ3) is 6.25. The fourth-order valence-corrected chi connectivity index (χ4v) is 1.36. The summed E-state index contributed by atoms with van der Waals surface area (Å²) in [5, 5.41) is 8.70. The van der Waals surface area contributed by atoms with Gasteiger partial charge in [0.1, 0.15) is 0 Å². The Labute approximate surface area is 74.2 Å². The van der Waals surface area contributed by atoms with Crippen molar-refractivity contribution in [2.24, 2.45) is 5.41 Å². The van der Waals surface area contributed by atoms with Gasteiger partial charge in [-0.1, -0.05) is 6.42 Å². The quantitative estimate of drug-likeness (QED) is 0.594. The largest absolute Gasteiger partial charge is 0.198 e. The van der Waals surface area contributed by atoms with Crippen molar-refractivity contribution in [3.63, 3.8) is 0 Å². The molecule has 0 saturated carbocycles. The van der Waals surface area contributed by atoms with Crippen LogP contribution in [-0.4, -0.2) is 12.0 Å². The predicted molar refractivity (Wildman–Crippen MR) is 51.6 cm³/mol. The molecule has 1 nitrogen and oxygen atoms in total. The molecule has 0 heterocycles. The van der Waals surface area contributed by atoms with Gasteiger partial charge in [-0.15, -0.1) is 0 Å². The Kier molecular flexibility index (Phi) is 5.41. The van der Waals surface area contributed by atoms with Crippen LogP contribution in [0.2, 0.25) is 0 Å². The summed E-state index contributed by atoms with van der Waals surface area (Å²) in [6, 6.07) is 2.31. The Bertz CT molecular complexity index is 135. The number of hydrogen-bond donors (Lipinski definition) is 0. The number of rotatable bonds is 5.